The average Bonchev–Trinajstić information content (AvgIpc) is 2.30. The third-order valence-electron chi connectivity index (χ3n) is 3.81. The van der Waals surface area contributed by atoms with Gasteiger partial charge in [-0.05, 0) is 32.1 Å². The largest absolute Gasteiger partial charge is 0.392 e. The molecule has 0 amide bonds. The van der Waals surface area contributed by atoms with Crippen LogP contribution in [0.15, 0.2) is 0 Å². The minimum absolute atomic E-state index is 0.170. The van der Waals surface area contributed by atoms with Crippen molar-refractivity contribution in [2.24, 2.45) is 5.41 Å². The molecule has 128 valence electrons. The minimum atomic E-state index is -0.967. The van der Waals surface area contributed by atoms with E-state index in [-0.39, 0.29) is 10.2 Å². The lowest BCUT2D eigenvalue weighted by atomic mass is 9.86. The molecule has 0 aromatic rings. The summed E-state index contributed by atoms with van der Waals surface area (Å²) in [7, 11) is -0.967. The Kier molecular flexibility index (Phi) is 10.0. The Labute approximate surface area is 135 Å². The highest BCUT2D eigenvalue weighted by atomic mass is 32.2. The van der Waals surface area contributed by atoms with E-state index in [0.717, 1.165) is 19.3 Å². The zero-order valence-electron chi connectivity index (χ0n) is 15.2. The van der Waals surface area contributed by atoms with Crippen LogP contribution in [0.25, 0.3) is 0 Å². The fourth-order valence-electron chi connectivity index (χ4n) is 3.00. The van der Waals surface area contributed by atoms with Crippen molar-refractivity contribution in [3.63, 3.8) is 0 Å². The van der Waals surface area contributed by atoms with E-state index in [4.69, 9.17) is 0 Å². The zero-order valence-corrected chi connectivity index (χ0v) is 16.0. The molecule has 0 saturated heterocycles. The first-order chi connectivity index (χ1) is 9.58. The molecule has 0 aliphatic carbocycles. The van der Waals surface area contributed by atoms with Gasteiger partial charge in [0.25, 0.3) is 0 Å². The molecule has 21 heavy (non-hydrogen) atoms. The van der Waals surface area contributed by atoms with E-state index in [1.807, 2.05) is 0 Å². The van der Waals surface area contributed by atoms with Crippen LogP contribution in [0.4, 0.5) is 0 Å². The monoisotopic (exact) mass is 318 g/mol. The summed E-state index contributed by atoms with van der Waals surface area (Å²) < 4.78 is 12.3. The molecule has 2 nitrogen and oxygen atoms in total. The van der Waals surface area contributed by atoms with Crippen molar-refractivity contribution in [1.82, 2.24) is 0 Å². The molecule has 0 rings (SSSR count). The molecule has 0 aliphatic heterocycles. The van der Waals surface area contributed by atoms with E-state index >= 15 is 0 Å². The van der Waals surface area contributed by atoms with Crippen molar-refractivity contribution in [1.29, 1.82) is 0 Å². The first-order valence-corrected chi connectivity index (χ1v) is 9.97. The Balaban J connectivity index is 3.98. The number of hydrogen-bond acceptors (Lipinski definition) is 2. The topological polar surface area (TPSA) is 37.3 Å². The van der Waals surface area contributed by atoms with Crippen LogP contribution in [-0.2, 0) is 10.8 Å². The first-order valence-electron chi connectivity index (χ1n) is 8.65. The van der Waals surface area contributed by atoms with Crippen molar-refractivity contribution in [3.05, 3.63) is 0 Å². The van der Waals surface area contributed by atoms with E-state index < -0.39 is 16.9 Å². The zero-order chi connectivity index (χ0) is 16.5. The predicted octanol–water partition coefficient (Wildman–Crippen LogP) is 5.06. The highest BCUT2D eigenvalue weighted by molar-refractivity contribution is 7.86. The highest BCUT2D eigenvalue weighted by Gasteiger charge is 2.32. The number of rotatable bonds is 11. The number of aliphatic hydroxyl groups is 1. The summed E-state index contributed by atoms with van der Waals surface area (Å²) in [6, 6.07) is 0. The SMILES string of the molecule is CCCCCCCCC(O)CS(=O)C(C)(C)CC(C)(C)C. The lowest BCUT2D eigenvalue weighted by Crippen LogP contribution is -2.36. The van der Waals surface area contributed by atoms with Gasteiger partial charge in [0.15, 0.2) is 0 Å². The summed E-state index contributed by atoms with van der Waals surface area (Å²) in [5.41, 5.74) is 0.170. The highest BCUT2D eigenvalue weighted by Crippen LogP contribution is 2.31. The van der Waals surface area contributed by atoms with Gasteiger partial charge in [-0.1, -0.05) is 66.2 Å². The van der Waals surface area contributed by atoms with E-state index in [2.05, 4.69) is 41.5 Å². The van der Waals surface area contributed by atoms with Crippen molar-refractivity contribution in [2.75, 3.05) is 5.75 Å². The van der Waals surface area contributed by atoms with Crippen molar-refractivity contribution >= 4 is 10.8 Å². The second-order valence-corrected chi connectivity index (χ2v) is 10.3. The van der Waals surface area contributed by atoms with Crippen molar-refractivity contribution in [3.8, 4) is 0 Å². The lowest BCUT2D eigenvalue weighted by molar-refractivity contribution is 0.183. The molecule has 0 aromatic carbocycles. The smallest absolute Gasteiger partial charge is 0.0655 e. The third-order valence-corrected chi connectivity index (χ3v) is 5.87. The molecule has 0 heterocycles. The van der Waals surface area contributed by atoms with Crippen LogP contribution < -0.4 is 0 Å². The van der Waals surface area contributed by atoms with E-state index in [9.17, 15) is 9.32 Å². The van der Waals surface area contributed by atoms with Gasteiger partial charge in [0, 0.05) is 15.5 Å². The predicted molar refractivity (Wildman–Crippen MR) is 95.2 cm³/mol. The summed E-state index contributed by atoms with van der Waals surface area (Å²) in [4.78, 5) is 0. The van der Waals surface area contributed by atoms with E-state index in [1.54, 1.807) is 0 Å². The molecule has 0 aliphatic rings. The molecule has 0 bridgehead atoms. The van der Waals surface area contributed by atoms with Gasteiger partial charge < -0.3 is 5.11 Å². The van der Waals surface area contributed by atoms with Crippen molar-refractivity contribution in [2.45, 2.75) is 104 Å². The Morgan fingerprint density at radius 2 is 1.48 bits per heavy atom. The van der Waals surface area contributed by atoms with Crippen LogP contribution in [0.3, 0.4) is 0 Å². The van der Waals surface area contributed by atoms with Gasteiger partial charge in [0.05, 0.1) is 11.9 Å². The fourth-order valence-corrected chi connectivity index (χ4v) is 4.56. The maximum atomic E-state index is 12.5. The molecule has 3 heteroatoms. The molecule has 0 spiro atoms. The first kappa shape index (κ1) is 21.1. The van der Waals surface area contributed by atoms with Gasteiger partial charge >= 0.3 is 0 Å². The standard InChI is InChI=1S/C18H38O2S/c1-7-8-9-10-11-12-13-16(19)14-21(20)18(5,6)15-17(2,3)4/h16,19H,7-15H2,1-6H3. The van der Waals surface area contributed by atoms with Gasteiger partial charge in [-0.25, -0.2) is 0 Å². The van der Waals surface area contributed by atoms with Crippen molar-refractivity contribution < 1.29 is 9.32 Å². The average molecular weight is 319 g/mol. The van der Waals surface area contributed by atoms with Crippen LogP contribution >= 0.6 is 0 Å². The van der Waals surface area contributed by atoms with Gasteiger partial charge in [-0.2, -0.15) is 0 Å². The van der Waals surface area contributed by atoms with Gasteiger partial charge in [0.1, 0.15) is 0 Å². The van der Waals surface area contributed by atoms with Gasteiger partial charge in [-0.3, -0.25) is 4.21 Å². The number of aliphatic hydroxyl groups excluding tert-OH is 1. The maximum absolute atomic E-state index is 12.5. The Bertz CT molecular complexity index is 292. The Morgan fingerprint density at radius 3 is 2.00 bits per heavy atom. The van der Waals surface area contributed by atoms with E-state index in [1.165, 1.54) is 32.1 Å². The summed E-state index contributed by atoms with van der Waals surface area (Å²) in [5, 5.41) is 10.1. The molecule has 0 fully saturated rings. The summed E-state index contributed by atoms with van der Waals surface area (Å²) in [5.74, 6) is 0.429. The second kappa shape index (κ2) is 9.99. The molecule has 0 radical (unpaired) electrons. The molecular weight excluding hydrogens is 280 g/mol. The Hall–Kier alpha value is 0.110. The minimum Gasteiger partial charge on any atom is -0.392 e. The molecule has 0 saturated carbocycles. The van der Waals surface area contributed by atoms with E-state index in [0.29, 0.717) is 5.75 Å². The maximum Gasteiger partial charge on any atom is 0.0655 e. The van der Waals surface area contributed by atoms with Crippen LogP contribution in [0.2, 0.25) is 0 Å². The molecule has 2 atom stereocenters. The lowest BCUT2D eigenvalue weighted by Gasteiger charge is -2.32. The summed E-state index contributed by atoms with van der Waals surface area (Å²) in [6.45, 7) is 12.9. The summed E-state index contributed by atoms with van der Waals surface area (Å²) in [6.07, 6.45) is 8.70. The normalized spacial score (nSPS) is 16.0. The number of unbranched alkanes of at least 4 members (excludes halogenated alkanes) is 5. The molecule has 1 N–H and O–H groups in total. The molecule has 2 unspecified atom stereocenters. The summed E-state index contributed by atoms with van der Waals surface area (Å²) >= 11 is 0. The van der Waals surface area contributed by atoms with Crippen LogP contribution in [0.5, 0.6) is 0 Å². The fraction of sp³-hybridized carbons (Fsp3) is 1.00. The number of hydrogen-bond donors (Lipinski definition) is 1. The second-order valence-electron chi connectivity index (χ2n) is 8.22. The Morgan fingerprint density at radius 1 is 0.952 bits per heavy atom. The van der Waals surface area contributed by atoms with Crippen LogP contribution in [-0.4, -0.2) is 25.9 Å². The van der Waals surface area contributed by atoms with Crippen LogP contribution in [0, 0.1) is 5.41 Å². The van der Waals surface area contributed by atoms with Gasteiger partial charge in [-0.15, -0.1) is 0 Å². The van der Waals surface area contributed by atoms with Crippen LogP contribution in [0.1, 0.15) is 92.9 Å². The quantitative estimate of drug-likeness (QED) is 0.541. The van der Waals surface area contributed by atoms with Gasteiger partial charge in [0.2, 0.25) is 0 Å². The molecule has 0 aromatic heterocycles. The molecular formula is C18H38O2S. The third kappa shape index (κ3) is 11.3.